The van der Waals surface area contributed by atoms with Crippen LogP contribution in [0, 0.1) is 0 Å². The summed E-state index contributed by atoms with van der Waals surface area (Å²) in [5, 5.41) is 0. The highest BCUT2D eigenvalue weighted by atomic mass is 32.1. The van der Waals surface area contributed by atoms with E-state index in [9.17, 15) is 9.59 Å². The molecule has 0 aliphatic heterocycles. The second-order valence-corrected chi connectivity index (χ2v) is 5.97. The maximum atomic E-state index is 12.1. The molecule has 1 heterocycles. The lowest BCUT2D eigenvalue weighted by Gasteiger charge is -2.05. The number of aromatic nitrogens is 1. The van der Waals surface area contributed by atoms with Crippen LogP contribution in [-0.4, -0.2) is 23.3 Å². The second-order valence-electron chi connectivity index (χ2n) is 5.08. The predicted molar refractivity (Wildman–Crippen MR) is 90.1 cm³/mol. The van der Waals surface area contributed by atoms with Crippen LogP contribution in [-0.2, 0) is 11.2 Å². The number of ketones is 1. The van der Waals surface area contributed by atoms with Crippen molar-refractivity contribution in [2.24, 2.45) is 0 Å². The fourth-order valence-corrected chi connectivity index (χ4v) is 2.92. The van der Waals surface area contributed by atoms with Crippen LogP contribution in [0.3, 0.4) is 0 Å². The molecule has 0 N–H and O–H groups in total. The molecule has 2 aromatic carbocycles. The van der Waals surface area contributed by atoms with Gasteiger partial charge in [-0.3, -0.25) is 4.79 Å². The lowest BCUT2D eigenvalue weighted by molar-refractivity contribution is 0.0475. The van der Waals surface area contributed by atoms with Crippen molar-refractivity contribution in [1.29, 1.82) is 0 Å². The molecule has 3 rings (SSSR count). The first kappa shape index (κ1) is 15.4. The molecule has 0 amide bonds. The van der Waals surface area contributed by atoms with E-state index in [1.807, 2.05) is 12.1 Å². The number of hydrogen-bond donors (Lipinski definition) is 0. The standard InChI is InChI=1S/C18H15NO3S/c1-2-12-3-5-13(6-4-12)16(20)10-22-18(21)14-7-8-15-17(9-14)23-11-19-15/h3-9,11H,2,10H2,1H3. The van der Waals surface area contributed by atoms with Gasteiger partial charge in [0.2, 0.25) is 0 Å². The number of Topliss-reactive ketones (excluding diaryl/α,β-unsaturated/α-hetero) is 1. The summed E-state index contributed by atoms with van der Waals surface area (Å²) in [5.41, 5.74) is 4.71. The molecule has 0 spiro atoms. The predicted octanol–water partition coefficient (Wildman–Crippen LogP) is 3.90. The van der Waals surface area contributed by atoms with Crippen LogP contribution in [0.1, 0.15) is 33.2 Å². The van der Waals surface area contributed by atoms with Crippen LogP contribution in [0.5, 0.6) is 0 Å². The minimum Gasteiger partial charge on any atom is -0.454 e. The van der Waals surface area contributed by atoms with Crippen LogP contribution in [0.4, 0.5) is 0 Å². The number of fused-ring (bicyclic) bond motifs is 1. The molecule has 0 saturated heterocycles. The van der Waals surface area contributed by atoms with Crippen molar-refractivity contribution >= 4 is 33.3 Å². The number of nitrogens with zero attached hydrogens (tertiary/aromatic N) is 1. The topological polar surface area (TPSA) is 56.3 Å². The lowest BCUT2D eigenvalue weighted by atomic mass is 10.1. The summed E-state index contributed by atoms with van der Waals surface area (Å²) in [6.45, 7) is 1.80. The molecule has 0 unspecified atom stereocenters. The summed E-state index contributed by atoms with van der Waals surface area (Å²) in [5.74, 6) is -0.710. The molecular weight excluding hydrogens is 310 g/mol. The normalized spacial score (nSPS) is 10.7. The third-order valence-corrected chi connectivity index (χ3v) is 4.38. The zero-order chi connectivity index (χ0) is 16.2. The van der Waals surface area contributed by atoms with E-state index in [0.29, 0.717) is 11.1 Å². The van der Waals surface area contributed by atoms with Crippen molar-refractivity contribution in [2.45, 2.75) is 13.3 Å². The van der Waals surface area contributed by atoms with Crippen molar-refractivity contribution < 1.29 is 14.3 Å². The van der Waals surface area contributed by atoms with Gasteiger partial charge >= 0.3 is 5.97 Å². The minimum absolute atomic E-state index is 0.208. The smallest absolute Gasteiger partial charge is 0.338 e. The Bertz CT molecular complexity index is 852. The van der Waals surface area contributed by atoms with Gasteiger partial charge < -0.3 is 4.74 Å². The fourth-order valence-electron chi connectivity index (χ4n) is 2.21. The summed E-state index contributed by atoms with van der Waals surface area (Å²) < 4.78 is 6.04. The summed E-state index contributed by atoms with van der Waals surface area (Å²) in [6.07, 6.45) is 0.920. The Balaban J connectivity index is 1.64. The lowest BCUT2D eigenvalue weighted by Crippen LogP contribution is -2.14. The molecule has 0 bridgehead atoms. The van der Waals surface area contributed by atoms with Gasteiger partial charge in [-0.05, 0) is 30.2 Å². The van der Waals surface area contributed by atoms with E-state index >= 15 is 0 Å². The van der Waals surface area contributed by atoms with Crippen LogP contribution in [0.25, 0.3) is 10.2 Å². The molecule has 1 aromatic heterocycles. The van der Waals surface area contributed by atoms with Crippen LogP contribution < -0.4 is 0 Å². The van der Waals surface area contributed by atoms with E-state index in [1.54, 1.807) is 35.8 Å². The molecular formula is C18H15NO3S. The monoisotopic (exact) mass is 325 g/mol. The second kappa shape index (κ2) is 6.71. The van der Waals surface area contributed by atoms with E-state index in [2.05, 4.69) is 11.9 Å². The van der Waals surface area contributed by atoms with Gasteiger partial charge in [0.15, 0.2) is 12.4 Å². The largest absolute Gasteiger partial charge is 0.454 e. The maximum Gasteiger partial charge on any atom is 0.338 e. The number of benzene rings is 2. The first-order valence-electron chi connectivity index (χ1n) is 7.30. The van der Waals surface area contributed by atoms with E-state index < -0.39 is 5.97 Å². The average molecular weight is 325 g/mol. The number of carbonyl (C=O) groups excluding carboxylic acids is 2. The highest BCUT2D eigenvalue weighted by Crippen LogP contribution is 2.19. The highest BCUT2D eigenvalue weighted by Gasteiger charge is 2.12. The number of hydrogen-bond acceptors (Lipinski definition) is 5. The van der Waals surface area contributed by atoms with Gasteiger partial charge in [0.1, 0.15) is 0 Å². The Kier molecular flexibility index (Phi) is 4.48. The van der Waals surface area contributed by atoms with Crippen molar-refractivity contribution in [1.82, 2.24) is 4.98 Å². The van der Waals surface area contributed by atoms with Gasteiger partial charge in [0.25, 0.3) is 0 Å². The molecule has 0 saturated carbocycles. The highest BCUT2D eigenvalue weighted by molar-refractivity contribution is 7.16. The van der Waals surface area contributed by atoms with E-state index in [4.69, 9.17) is 4.74 Å². The average Bonchev–Trinajstić information content (AvgIpc) is 3.07. The molecule has 0 fully saturated rings. The van der Waals surface area contributed by atoms with E-state index in [0.717, 1.165) is 22.2 Å². The molecule has 3 aromatic rings. The molecule has 4 nitrogen and oxygen atoms in total. The van der Waals surface area contributed by atoms with Crippen molar-refractivity contribution in [3.8, 4) is 0 Å². The number of thiazole rings is 1. The zero-order valence-electron chi connectivity index (χ0n) is 12.6. The molecule has 0 radical (unpaired) electrons. The third-order valence-electron chi connectivity index (χ3n) is 3.59. The number of carbonyl (C=O) groups is 2. The third kappa shape index (κ3) is 3.46. The molecule has 5 heteroatoms. The Labute approximate surface area is 137 Å². The van der Waals surface area contributed by atoms with E-state index in [-0.39, 0.29) is 12.4 Å². The number of aryl methyl sites for hydroxylation is 1. The number of ether oxygens (including phenoxy) is 1. The Morgan fingerprint density at radius 3 is 2.57 bits per heavy atom. The van der Waals surface area contributed by atoms with Crippen molar-refractivity contribution in [2.75, 3.05) is 6.61 Å². The van der Waals surface area contributed by atoms with Gasteiger partial charge in [0, 0.05) is 5.56 Å². The van der Waals surface area contributed by atoms with Gasteiger partial charge in [-0.25, -0.2) is 9.78 Å². The molecule has 23 heavy (non-hydrogen) atoms. The van der Waals surface area contributed by atoms with Crippen molar-refractivity contribution in [3.63, 3.8) is 0 Å². The summed E-state index contributed by atoms with van der Waals surface area (Å²) in [6, 6.07) is 12.5. The zero-order valence-corrected chi connectivity index (χ0v) is 13.4. The fraction of sp³-hybridized carbons (Fsp3) is 0.167. The Morgan fingerprint density at radius 1 is 1.09 bits per heavy atom. The van der Waals surface area contributed by atoms with Gasteiger partial charge in [-0.1, -0.05) is 31.2 Å². The van der Waals surface area contributed by atoms with Gasteiger partial charge in [0.05, 0.1) is 21.3 Å². The number of esters is 1. The Hall–Kier alpha value is -2.53. The first-order valence-corrected chi connectivity index (χ1v) is 8.18. The SMILES string of the molecule is CCc1ccc(C(=O)COC(=O)c2ccc3ncsc3c2)cc1. The minimum atomic E-state index is -0.501. The Morgan fingerprint density at radius 2 is 1.83 bits per heavy atom. The summed E-state index contributed by atoms with van der Waals surface area (Å²) in [7, 11) is 0. The van der Waals surface area contributed by atoms with Crippen LogP contribution >= 0.6 is 11.3 Å². The summed E-state index contributed by atoms with van der Waals surface area (Å²) >= 11 is 1.46. The van der Waals surface area contributed by atoms with Crippen LogP contribution in [0.15, 0.2) is 48.0 Å². The van der Waals surface area contributed by atoms with Gasteiger partial charge in [-0.2, -0.15) is 0 Å². The summed E-state index contributed by atoms with van der Waals surface area (Å²) in [4.78, 5) is 28.3. The quantitative estimate of drug-likeness (QED) is 0.527. The number of rotatable bonds is 5. The molecule has 0 aliphatic rings. The van der Waals surface area contributed by atoms with Crippen LogP contribution in [0.2, 0.25) is 0 Å². The molecule has 116 valence electrons. The molecule has 0 atom stereocenters. The van der Waals surface area contributed by atoms with E-state index in [1.165, 1.54) is 11.3 Å². The van der Waals surface area contributed by atoms with Gasteiger partial charge in [-0.15, -0.1) is 11.3 Å². The first-order chi connectivity index (χ1) is 11.2. The molecule has 0 aliphatic carbocycles. The maximum absolute atomic E-state index is 12.1. The van der Waals surface area contributed by atoms with Crippen molar-refractivity contribution in [3.05, 3.63) is 64.7 Å².